The molecule has 1 unspecified atom stereocenters. The van der Waals surface area contributed by atoms with Gasteiger partial charge in [0.05, 0.1) is 18.3 Å². The number of aromatic nitrogens is 2. The van der Waals surface area contributed by atoms with Gasteiger partial charge in [0.25, 0.3) is 0 Å². The molecule has 0 bridgehead atoms. The van der Waals surface area contributed by atoms with Gasteiger partial charge in [-0.3, -0.25) is 0 Å². The molecule has 1 aliphatic heterocycles. The number of methoxy groups -OCH3 is 1. The Hall–Kier alpha value is -3.26. The van der Waals surface area contributed by atoms with Gasteiger partial charge in [0.15, 0.2) is 5.69 Å². The highest BCUT2D eigenvalue weighted by atomic mass is 32.1. The molecule has 164 valence electrons. The van der Waals surface area contributed by atoms with E-state index < -0.39 is 0 Å². The third-order valence-corrected chi connectivity index (χ3v) is 6.79. The predicted octanol–water partition coefficient (Wildman–Crippen LogP) is 7.28. The molecule has 0 aliphatic carbocycles. The van der Waals surface area contributed by atoms with E-state index in [1.54, 1.807) is 19.2 Å². The Balaban J connectivity index is 1.61. The summed E-state index contributed by atoms with van der Waals surface area (Å²) < 4.78 is 20.7. The van der Waals surface area contributed by atoms with E-state index in [2.05, 4.69) is 36.0 Å². The Kier molecular flexibility index (Phi) is 4.78. The molecule has 0 radical (unpaired) electrons. The van der Waals surface area contributed by atoms with E-state index >= 15 is 0 Å². The van der Waals surface area contributed by atoms with E-state index in [0.29, 0.717) is 22.4 Å². The van der Waals surface area contributed by atoms with Crippen LogP contribution < -0.4 is 4.74 Å². The highest BCUT2D eigenvalue weighted by Gasteiger charge is 2.37. The van der Waals surface area contributed by atoms with Gasteiger partial charge in [-0.25, -0.2) is 9.37 Å². The predicted molar refractivity (Wildman–Crippen MR) is 124 cm³/mol. The molecule has 0 amide bonds. The Labute approximate surface area is 189 Å². The summed E-state index contributed by atoms with van der Waals surface area (Å²) in [5.74, 6) is 0.831. The average Bonchev–Trinajstić information content (AvgIpc) is 3.33. The highest BCUT2D eigenvalue weighted by Crippen LogP contribution is 2.52. The molecule has 3 heterocycles. The second-order valence-corrected chi connectivity index (χ2v) is 9.60. The van der Waals surface area contributed by atoms with Gasteiger partial charge in [0.2, 0.25) is 11.0 Å². The fraction of sp³-hybridized carbons (Fsp3) is 0.292. The standard InChI is InChI=1S/C24H23FN4O2S/c1-13-11-24(2,3)29-21-17(13)9-16(31-4)10-18(21)20(22(29)30)27-28-23-26-19(12-32-23)14-5-7-15(25)8-6-14/h5-10,12-13,30H,11H2,1-4H3. The molecule has 0 fully saturated rings. The monoisotopic (exact) mass is 450 g/mol. The van der Waals surface area contributed by atoms with E-state index in [1.165, 1.54) is 23.5 Å². The highest BCUT2D eigenvalue weighted by molar-refractivity contribution is 7.13. The van der Waals surface area contributed by atoms with Crippen LogP contribution in [-0.4, -0.2) is 21.8 Å². The van der Waals surface area contributed by atoms with E-state index in [0.717, 1.165) is 34.2 Å². The molecule has 6 nitrogen and oxygen atoms in total. The molecule has 1 N–H and O–H groups in total. The zero-order valence-corrected chi connectivity index (χ0v) is 19.1. The Bertz CT molecular complexity index is 1350. The minimum Gasteiger partial charge on any atom is -0.497 e. The second-order valence-electron chi connectivity index (χ2n) is 8.76. The van der Waals surface area contributed by atoms with Crippen molar-refractivity contribution in [1.29, 1.82) is 0 Å². The fourth-order valence-corrected chi connectivity index (χ4v) is 5.32. The lowest BCUT2D eigenvalue weighted by Crippen LogP contribution is -2.31. The molecule has 2 aromatic heterocycles. The average molecular weight is 451 g/mol. The van der Waals surface area contributed by atoms with Crippen LogP contribution in [-0.2, 0) is 5.54 Å². The Morgan fingerprint density at radius 2 is 1.97 bits per heavy atom. The van der Waals surface area contributed by atoms with Gasteiger partial charge in [-0.05, 0) is 68.1 Å². The van der Waals surface area contributed by atoms with Crippen molar-refractivity contribution < 1.29 is 14.2 Å². The van der Waals surface area contributed by atoms with E-state index in [9.17, 15) is 9.50 Å². The zero-order chi connectivity index (χ0) is 22.6. The van der Waals surface area contributed by atoms with Crippen LogP contribution in [0.5, 0.6) is 11.6 Å². The van der Waals surface area contributed by atoms with Crippen molar-refractivity contribution in [2.45, 2.75) is 38.6 Å². The summed E-state index contributed by atoms with van der Waals surface area (Å²) in [7, 11) is 1.63. The number of hydrogen-bond acceptors (Lipinski definition) is 6. The van der Waals surface area contributed by atoms with Crippen LogP contribution in [0.4, 0.5) is 15.2 Å². The lowest BCUT2D eigenvalue weighted by Gasteiger charge is -2.36. The molecule has 0 saturated carbocycles. The number of thiazole rings is 1. The van der Waals surface area contributed by atoms with E-state index in [1.807, 2.05) is 22.1 Å². The number of aromatic hydroxyl groups is 1. The maximum Gasteiger partial charge on any atom is 0.230 e. The minimum absolute atomic E-state index is 0.0884. The van der Waals surface area contributed by atoms with Crippen LogP contribution >= 0.6 is 11.3 Å². The first kappa shape index (κ1) is 20.6. The minimum atomic E-state index is -0.292. The van der Waals surface area contributed by atoms with Crippen LogP contribution in [0.3, 0.4) is 0 Å². The molecule has 0 saturated heterocycles. The molecule has 2 aromatic carbocycles. The van der Waals surface area contributed by atoms with Crippen molar-refractivity contribution in [2.75, 3.05) is 7.11 Å². The lowest BCUT2D eigenvalue weighted by molar-refractivity contribution is 0.267. The third kappa shape index (κ3) is 3.26. The molecule has 1 atom stereocenters. The SMILES string of the molecule is COc1cc2c3c(c1)c(N=Nc1nc(-c4ccc(F)cc4)cs1)c(O)n3C(C)(C)CC2C. The smallest absolute Gasteiger partial charge is 0.230 e. The van der Waals surface area contributed by atoms with Gasteiger partial charge < -0.3 is 14.4 Å². The van der Waals surface area contributed by atoms with Crippen LogP contribution in [0.25, 0.3) is 22.2 Å². The summed E-state index contributed by atoms with van der Waals surface area (Å²) in [5, 5.41) is 23.0. The molecular formula is C24H23FN4O2S. The van der Waals surface area contributed by atoms with Crippen LogP contribution in [0.15, 0.2) is 52.0 Å². The summed E-state index contributed by atoms with van der Waals surface area (Å²) >= 11 is 1.34. The van der Waals surface area contributed by atoms with Crippen LogP contribution in [0.1, 0.15) is 38.7 Å². The van der Waals surface area contributed by atoms with Crippen molar-refractivity contribution in [3.63, 3.8) is 0 Å². The fourth-order valence-electron chi connectivity index (χ4n) is 4.68. The maximum absolute atomic E-state index is 13.2. The molecule has 8 heteroatoms. The van der Waals surface area contributed by atoms with Gasteiger partial charge in [0, 0.05) is 21.9 Å². The summed E-state index contributed by atoms with van der Waals surface area (Å²) in [6.45, 7) is 6.43. The number of azo groups is 1. The Morgan fingerprint density at radius 3 is 2.69 bits per heavy atom. The maximum atomic E-state index is 13.2. The molecule has 4 aromatic rings. The molecular weight excluding hydrogens is 427 g/mol. The molecule has 5 rings (SSSR count). The van der Waals surface area contributed by atoms with Gasteiger partial charge in [-0.15, -0.1) is 21.6 Å². The summed E-state index contributed by atoms with van der Waals surface area (Å²) in [5.41, 5.74) is 3.73. The normalized spacial score (nSPS) is 17.3. The number of hydrogen-bond donors (Lipinski definition) is 1. The molecule has 0 spiro atoms. The largest absolute Gasteiger partial charge is 0.497 e. The first-order valence-corrected chi connectivity index (χ1v) is 11.3. The van der Waals surface area contributed by atoms with Crippen molar-refractivity contribution >= 4 is 33.1 Å². The van der Waals surface area contributed by atoms with Crippen molar-refractivity contribution in [2.24, 2.45) is 10.2 Å². The van der Waals surface area contributed by atoms with Gasteiger partial charge in [0.1, 0.15) is 11.6 Å². The van der Waals surface area contributed by atoms with Crippen LogP contribution in [0.2, 0.25) is 0 Å². The first-order valence-electron chi connectivity index (χ1n) is 10.4. The quantitative estimate of drug-likeness (QED) is 0.332. The number of rotatable bonds is 4. The number of nitrogens with zero attached hydrogens (tertiary/aromatic N) is 4. The zero-order valence-electron chi connectivity index (χ0n) is 18.3. The van der Waals surface area contributed by atoms with Gasteiger partial charge in [-0.1, -0.05) is 6.92 Å². The molecule has 1 aliphatic rings. The summed E-state index contributed by atoms with van der Waals surface area (Å²) in [4.78, 5) is 4.49. The number of ether oxygens (including phenoxy) is 1. The Morgan fingerprint density at radius 1 is 1.22 bits per heavy atom. The third-order valence-electron chi connectivity index (χ3n) is 6.06. The summed E-state index contributed by atoms with van der Waals surface area (Å²) in [6.07, 6.45) is 0.884. The van der Waals surface area contributed by atoms with Crippen molar-refractivity contribution in [1.82, 2.24) is 9.55 Å². The van der Waals surface area contributed by atoms with Crippen molar-refractivity contribution in [3.8, 4) is 22.9 Å². The van der Waals surface area contributed by atoms with Gasteiger partial charge in [-0.2, -0.15) is 0 Å². The lowest BCUT2D eigenvalue weighted by atomic mass is 9.82. The van der Waals surface area contributed by atoms with E-state index in [-0.39, 0.29) is 17.2 Å². The van der Waals surface area contributed by atoms with E-state index in [4.69, 9.17) is 4.74 Å². The second kappa shape index (κ2) is 7.41. The first-order chi connectivity index (χ1) is 15.3. The van der Waals surface area contributed by atoms with Crippen LogP contribution in [0, 0.1) is 5.82 Å². The van der Waals surface area contributed by atoms with Crippen molar-refractivity contribution in [3.05, 3.63) is 53.2 Å². The van der Waals surface area contributed by atoms with Gasteiger partial charge >= 0.3 is 0 Å². The summed E-state index contributed by atoms with van der Waals surface area (Å²) in [6, 6.07) is 10.1. The number of halogens is 1. The topological polar surface area (TPSA) is 72.0 Å². The number of benzene rings is 2. The molecule has 32 heavy (non-hydrogen) atoms.